The number of sulfonamides is 1. The van der Waals surface area contributed by atoms with Crippen LogP contribution in [-0.4, -0.2) is 36.7 Å². The minimum absolute atomic E-state index is 0.130. The van der Waals surface area contributed by atoms with Crippen LogP contribution in [0.2, 0.25) is 0 Å². The van der Waals surface area contributed by atoms with E-state index in [0.717, 1.165) is 9.87 Å². The van der Waals surface area contributed by atoms with Crippen LogP contribution < -0.4 is 0 Å². The first-order valence-electron chi connectivity index (χ1n) is 5.96. The minimum atomic E-state index is -3.65. The summed E-state index contributed by atoms with van der Waals surface area (Å²) in [4.78, 5) is 0. The molecule has 1 atom stereocenters. The number of aliphatic hydroxyl groups excluding tert-OH is 1. The van der Waals surface area contributed by atoms with Gasteiger partial charge in [-0.25, -0.2) is 8.42 Å². The average Bonchev–Trinajstić information content (AvgIpc) is 2.45. The number of rotatable bonds is 4. The van der Waals surface area contributed by atoms with Gasteiger partial charge in [0, 0.05) is 19.2 Å². The number of aliphatic hydroxyl groups is 1. The van der Waals surface area contributed by atoms with E-state index in [0.29, 0.717) is 5.56 Å². The maximum atomic E-state index is 12.0. The molecule has 0 heterocycles. The molecular weight excluding hydrogens is 276 g/mol. The Bertz CT molecular complexity index is 666. The zero-order valence-corrected chi connectivity index (χ0v) is 12.2. The quantitative estimate of drug-likeness (QED) is 0.828. The molecule has 1 N–H and O–H groups in total. The Morgan fingerprint density at radius 2 is 2.05 bits per heavy atom. The van der Waals surface area contributed by atoms with Crippen LogP contribution in [0.5, 0.6) is 0 Å². The zero-order valence-electron chi connectivity index (χ0n) is 11.4. The largest absolute Gasteiger partial charge is 0.384 e. The van der Waals surface area contributed by atoms with E-state index < -0.39 is 15.3 Å². The van der Waals surface area contributed by atoms with Crippen LogP contribution in [0.3, 0.4) is 0 Å². The molecule has 20 heavy (non-hydrogen) atoms. The van der Waals surface area contributed by atoms with Gasteiger partial charge in [0.25, 0.3) is 0 Å². The second-order valence-electron chi connectivity index (χ2n) is 4.19. The fourth-order valence-corrected chi connectivity index (χ4v) is 2.57. The fourth-order valence-electron chi connectivity index (χ4n) is 1.58. The predicted molar refractivity (Wildman–Crippen MR) is 75.9 cm³/mol. The molecule has 1 aromatic rings. The number of hydrogen-bond donors (Lipinski definition) is 1. The lowest BCUT2D eigenvalue weighted by Gasteiger charge is -2.19. The monoisotopic (exact) mass is 292 g/mol. The molecule has 106 valence electrons. The third-order valence-electron chi connectivity index (χ3n) is 2.78. The highest BCUT2D eigenvalue weighted by molar-refractivity contribution is 7.89. The van der Waals surface area contributed by atoms with Crippen LogP contribution in [0.1, 0.15) is 18.1 Å². The molecule has 0 radical (unpaired) electrons. The van der Waals surface area contributed by atoms with Gasteiger partial charge in [-0.3, -0.25) is 0 Å². The Labute approximate surface area is 119 Å². The van der Waals surface area contributed by atoms with Crippen molar-refractivity contribution in [3.63, 3.8) is 0 Å². The molecule has 5 nitrogen and oxygen atoms in total. The highest BCUT2D eigenvalue weighted by atomic mass is 32.2. The maximum Gasteiger partial charge on any atom is 0.230 e. The molecule has 0 spiro atoms. The minimum Gasteiger partial charge on any atom is -0.384 e. The topological polar surface area (TPSA) is 81.4 Å². The van der Waals surface area contributed by atoms with Crippen LogP contribution in [0, 0.1) is 23.2 Å². The fraction of sp³-hybridized carbons (Fsp3) is 0.357. The Hall–Kier alpha value is -1.86. The Morgan fingerprint density at radius 1 is 1.40 bits per heavy atom. The number of benzene rings is 1. The first kappa shape index (κ1) is 16.2. The Kier molecular flexibility index (Phi) is 5.72. The highest BCUT2D eigenvalue weighted by Crippen LogP contribution is 2.14. The third kappa shape index (κ3) is 3.82. The Balaban J connectivity index is 3.03. The molecule has 1 aromatic carbocycles. The van der Waals surface area contributed by atoms with Crippen molar-refractivity contribution in [2.24, 2.45) is 0 Å². The summed E-state index contributed by atoms with van der Waals surface area (Å²) in [6, 6.07) is 8.83. The van der Waals surface area contributed by atoms with E-state index in [9.17, 15) is 8.42 Å². The van der Waals surface area contributed by atoms with Crippen molar-refractivity contribution >= 4 is 10.0 Å². The van der Waals surface area contributed by atoms with E-state index in [-0.39, 0.29) is 13.2 Å². The molecule has 0 amide bonds. The molecule has 0 aliphatic rings. The predicted octanol–water partition coefficient (Wildman–Crippen LogP) is 0.704. The highest BCUT2D eigenvalue weighted by Gasteiger charge is 2.26. The van der Waals surface area contributed by atoms with Crippen LogP contribution >= 0.6 is 0 Å². The van der Waals surface area contributed by atoms with Gasteiger partial charge in [-0.05, 0) is 18.6 Å². The number of nitriles is 1. The van der Waals surface area contributed by atoms with E-state index >= 15 is 0 Å². The SMILES string of the molecule is CC(C#N)S(=O)(=O)N(C)Cc1ccccc1C#CCO. The van der Waals surface area contributed by atoms with E-state index in [1.807, 2.05) is 0 Å². The summed E-state index contributed by atoms with van der Waals surface area (Å²) < 4.78 is 25.2. The zero-order chi connectivity index (χ0) is 15.2. The summed E-state index contributed by atoms with van der Waals surface area (Å²) >= 11 is 0. The normalized spacial score (nSPS) is 12.3. The lowest BCUT2D eigenvalue weighted by molar-refractivity contribution is 0.350. The van der Waals surface area contributed by atoms with Crippen LogP contribution in [0.4, 0.5) is 0 Å². The van der Waals surface area contributed by atoms with Crippen molar-refractivity contribution in [3.05, 3.63) is 35.4 Å². The van der Waals surface area contributed by atoms with Crippen molar-refractivity contribution in [1.82, 2.24) is 4.31 Å². The smallest absolute Gasteiger partial charge is 0.230 e. The van der Waals surface area contributed by atoms with Gasteiger partial charge >= 0.3 is 0 Å². The second kappa shape index (κ2) is 7.06. The van der Waals surface area contributed by atoms with Gasteiger partial charge in [-0.2, -0.15) is 9.57 Å². The Morgan fingerprint density at radius 3 is 2.65 bits per heavy atom. The van der Waals surface area contributed by atoms with Crippen LogP contribution in [0.25, 0.3) is 0 Å². The van der Waals surface area contributed by atoms with Crippen molar-refractivity contribution in [2.45, 2.75) is 18.7 Å². The molecule has 0 bridgehead atoms. The van der Waals surface area contributed by atoms with Gasteiger partial charge in [0.1, 0.15) is 6.61 Å². The summed E-state index contributed by atoms with van der Waals surface area (Å²) in [6.45, 7) is 1.22. The van der Waals surface area contributed by atoms with Crippen molar-refractivity contribution in [3.8, 4) is 17.9 Å². The van der Waals surface area contributed by atoms with Gasteiger partial charge in [0.15, 0.2) is 5.25 Å². The van der Waals surface area contributed by atoms with E-state index in [1.54, 1.807) is 30.3 Å². The molecule has 0 aromatic heterocycles. The molecule has 6 heteroatoms. The molecule has 1 rings (SSSR count). The summed E-state index contributed by atoms with van der Waals surface area (Å²) in [6.07, 6.45) is 0. The van der Waals surface area contributed by atoms with Crippen LogP contribution in [-0.2, 0) is 16.6 Å². The summed E-state index contributed by atoms with van der Waals surface area (Å²) in [5.41, 5.74) is 1.39. The van der Waals surface area contributed by atoms with Gasteiger partial charge in [-0.15, -0.1) is 0 Å². The maximum absolute atomic E-state index is 12.0. The molecular formula is C14H16N2O3S. The molecule has 0 aliphatic heterocycles. The summed E-state index contributed by atoms with van der Waals surface area (Å²) in [7, 11) is -2.22. The molecule has 0 fully saturated rings. The number of hydrogen-bond acceptors (Lipinski definition) is 4. The van der Waals surface area contributed by atoms with Gasteiger partial charge in [-0.1, -0.05) is 30.0 Å². The van der Waals surface area contributed by atoms with Crippen molar-refractivity contribution < 1.29 is 13.5 Å². The molecule has 0 saturated carbocycles. The van der Waals surface area contributed by atoms with E-state index in [4.69, 9.17) is 10.4 Å². The molecule has 0 saturated heterocycles. The lowest BCUT2D eigenvalue weighted by atomic mass is 10.1. The van der Waals surface area contributed by atoms with Crippen molar-refractivity contribution in [2.75, 3.05) is 13.7 Å². The average molecular weight is 292 g/mol. The molecule has 0 aliphatic carbocycles. The van der Waals surface area contributed by atoms with E-state index in [1.165, 1.54) is 14.0 Å². The lowest BCUT2D eigenvalue weighted by Crippen LogP contribution is -2.33. The standard InChI is InChI=1S/C14H16N2O3S/c1-12(10-15)20(18,19)16(2)11-14-7-4-3-6-13(14)8-5-9-17/h3-4,6-7,12,17H,9,11H2,1-2H3. The second-order valence-corrected chi connectivity index (χ2v) is 6.55. The van der Waals surface area contributed by atoms with Crippen LogP contribution in [0.15, 0.2) is 24.3 Å². The molecule has 1 unspecified atom stereocenters. The van der Waals surface area contributed by atoms with Gasteiger partial charge in [0.05, 0.1) is 6.07 Å². The first-order valence-corrected chi connectivity index (χ1v) is 7.46. The number of nitrogens with zero attached hydrogens (tertiary/aromatic N) is 2. The summed E-state index contributed by atoms with van der Waals surface area (Å²) in [5.74, 6) is 5.31. The first-order chi connectivity index (χ1) is 9.43. The van der Waals surface area contributed by atoms with E-state index in [2.05, 4.69) is 11.8 Å². The summed E-state index contributed by atoms with van der Waals surface area (Å²) in [5, 5.41) is 16.4. The van der Waals surface area contributed by atoms with Gasteiger partial charge in [0.2, 0.25) is 10.0 Å². The van der Waals surface area contributed by atoms with Gasteiger partial charge < -0.3 is 5.11 Å². The van der Waals surface area contributed by atoms with Crippen molar-refractivity contribution in [1.29, 1.82) is 5.26 Å². The third-order valence-corrected chi connectivity index (χ3v) is 4.77.